The average molecular weight is 287 g/mol. The van der Waals surface area contributed by atoms with Crippen LogP contribution in [-0.2, 0) is 9.53 Å². The molecule has 0 bridgehead atoms. The van der Waals surface area contributed by atoms with Crippen LogP contribution >= 0.6 is 15.9 Å². The quantitative estimate of drug-likeness (QED) is 0.642. The van der Waals surface area contributed by atoms with Crippen molar-refractivity contribution >= 4 is 33.5 Å². The number of rotatable bonds is 3. The zero-order valence-corrected chi connectivity index (χ0v) is 10.2. The Morgan fingerprint density at radius 2 is 2.06 bits per heavy atom. The van der Waals surface area contributed by atoms with Gasteiger partial charge in [-0.05, 0) is 25.1 Å². The van der Waals surface area contributed by atoms with E-state index in [2.05, 4.69) is 15.9 Å². The van der Waals surface area contributed by atoms with Crippen LogP contribution in [0.25, 0.3) is 0 Å². The van der Waals surface area contributed by atoms with E-state index in [0.717, 1.165) is 0 Å². The minimum absolute atomic E-state index is 0.197. The Balaban J connectivity index is 2.88. The maximum absolute atomic E-state index is 11.6. The van der Waals surface area contributed by atoms with Gasteiger partial charge >= 0.3 is 5.97 Å². The number of esters is 1. The minimum atomic E-state index is -0.981. The summed E-state index contributed by atoms with van der Waals surface area (Å²) in [6.07, 6.45) is -0.981. The fraction of sp³-hybridized carbons (Fsp3) is 0.200. The number of benzene rings is 1. The van der Waals surface area contributed by atoms with Crippen LogP contribution in [0.3, 0.4) is 0 Å². The fourth-order valence-electron chi connectivity index (χ4n) is 0.987. The molecule has 5 nitrogen and oxygen atoms in total. The number of carbonyl (C=O) groups excluding carboxylic acids is 2. The van der Waals surface area contributed by atoms with E-state index in [-0.39, 0.29) is 11.3 Å². The maximum atomic E-state index is 11.6. The van der Waals surface area contributed by atoms with E-state index in [1.54, 1.807) is 12.1 Å². The molecule has 0 radical (unpaired) electrons. The number of halogens is 1. The van der Waals surface area contributed by atoms with Crippen molar-refractivity contribution in [2.45, 2.75) is 13.0 Å². The number of anilines is 1. The first-order chi connectivity index (χ1) is 7.41. The lowest BCUT2D eigenvalue weighted by Crippen LogP contribution is -2.30. The molecule has 0 aliphatic rings. The molecule has 16 heavy (non-hydrogen) atoms. The molecule has 1 aromatic carbocycles. The van der Waals surface area contributed by atoms with Gasteiger partial charge in [0.2, 0.25) is 0 Å². The average Bonchev–Trinajstić information content (AvgIpc) is 2.21. The van der Waals surface area contributed by atoms with Crippen LogP contribution < -0.4 is 11.5 Å². The Bertz CT molecular complexity index is 434. The predicted octanol–water partition coefficient (Wildman–Crippen LogP) is 1.06. The van der Waals surface area contributed by atoms with Crippen molar-refractivity contribution in [3.05, 3.63) is 28.2 Å². The van der Waals surface area contributed by atoms with Gasteiger partial charge in [-0.1, -0.05) is 15.9 Å². The summed E-state index contributed by atoms with van der Waals surface area (Å²) in [6, 6.07) is 4.78. The summed E-state index contributed by atoms with van der Waals surface area (Å²) < 4.78 is 5.51. The molecule has 1 amide bonds. The molecule has 0 fully saturated rings. The maximum Gasteiger partial charge on any atom is 0.341 e. The van der Waals surface area contributed by atoms with Crippen LogP contribution in [0.4, 0.5) is 5.69 Å². The number of nitrogens with two attached hydrogens (primary N) is 2. The van der Waals surface area contributed by atoms with Crippen molar-refractivity contribution in [3.8, 4) is 0 Å². The Morgan fingerprint density at radius 3 is 2.62 bits per heavy atom. The summed E-state index contributed by atoms with van der Waals surface area (Å²) in [6.45, 7) is 1.40. The monoisotopic (exact) mass is 286 g/mol. The van der Waals surface area contributed by atoms with Crippen molar-refractivity contribution in [2.75, 3.05) is 5.73 Å². The summed E-state index contributed by atoms with van der Waals surface area (Å²) in [7, 11) is 0. The first-order valence-corrected chi connectivity index (χ1v) is 5.26. The topological polar surface area (TPSA) is 95.4 Å². The van der Waals surface area contributed by atoms with Crippen molar-refractivity contribution in [1.29, 1.82) is 0 Å². The summed E-state index contributed by atoms with van der Waals surface area (Å²) in [5.41, 5.74) is 11.1. The predicted molar refractivity (Wildman–Crippen MR) is 62.6 cm³/mol. The molecular formula is C10H11BrN2O3. The highest BCUT2D eigenvalue weighted by atomic mass is 79.9. The van der Waals surface area contributed by atoms with Gasteiger partial charge in [-0.3, -0.25) is 4.79 Å². The number of hydrogen-bond acceptors (Lipinski definition) is 4. The van der Waals surface area contributed by atoms with Crippen LogP contribution in [0, 0.1) is 0 Å². The van der Waals surface area contributed by atoms with Gasteiger partial charge in [0.15, 0.2) is 6.10 Å². The molecule has 1 aromatic rings. The Hall–Kier alpha value is -1.56. The van der Waals surface area contributed by atoms with Crippen LogP contribution in [-0.4, -0.2) is 18.0 Å². The van der Waals surface area contributed by atoms with Crippen LogP contribution in [0.15, 0.2) is 22.7 Å². The zero-order chi connectivity index (χ0) is 12.3. The highest BCUT2D eigenvalue weighted by Gasteiger charge is 2.18. The van der Waals surface area contributed by atoms with Gasteiger partial charge in [-0.15, -0.1) is 0 Å². The van der Waals surface area contributed by atoms with Gasteiger partial charge in [-0.2, -0.15) is 0 Å². The van der Waals surface area contributed by atoms with E-state index >= 15 is 0 Å². The Kier molecular flexibility index (Phi) is 3.89. The molecule has 0 aliphatic heterocycles. The molecule has 86 valence electrons. The standard InChI is InChI=1S/C10H11BrN2O3/c1-5(9(13)14)16-10(15)7-4-6(11)2-3-8(7)12/h2-5H,12H2,1H3,(H2,13,14)/t5-/m0/s1. The van der Waals surface area contributed by atoms with E-state index in [9.17, 15) is 9.59 Å². The van der Waals surface area contributed by atoms with E-state index in [1.165, 1.54) is 13.0 Å². The highest BCUT2D eigenvalue weighted by Crippen LogP contribution is 2.19. The van der Waals surface area contributed by atoms with Crippen LogP contribution in [0.5, 0.6) is 0 Å². The van der Waals surface area contributed by atoms with Gasteiger partial charge in [0.1, 0.15) is 0 Å². The highest BCUT2D eigenvalue weighted by molar-refractivity contribution is 9.10. The Morgan fingerprint density at radius 1 is 1.44 bits per heavy atom. The molecule has 0 saturated carbocycles. The first kappa shape index (κ1) is 12.5. The third-order valence-electron chi connectivity index (χ3n) is 1.92. The summed E-state index contributed by atoms with van der Waals surface area (Å²) in [5.74, 6) is -1.38. The summed E-state index contributed by atoms with van der Waals surface area (Å²) in [5, 5.41) is 0. The summed E-state index contributed by atoms with van der Waals surface area (Å²) in [4.78, 5) is 22.3. The van der Waals surface area contributed by atoms with Gasteiger partial charge < -0.3 is 16.2 Å². The normalized spacial score (nSPS) is 11.9. The van der Waals surface area contributed by atoms with Crippen molar-refractivity contribution in [2.24, 2.45) is 5.73 Å². The number of carbonyl (C=O) groups is 2. The molecule has 0 heterocycles. The number of ether oxygens (including phenoxy) is 1. The molecule has 4 N–H and O–H groups in total. The molecule has 0 unspecified atom stereocenters. The molecule has 0 aromatic heterocycles. The van der Waals surface area contributed by atoms with E-state index in [4.69, 9.17) is 16.2 Å². The first-order valence-electron chi connectivity index (χ1n) is 4.47. The molecule has 0 saturated heterocycles. The second kappa shape index (κ2) is 4.98. The number of hydrogen-bond donors (Lipinski definition) is 2. The van der Waals surface area contributed by atoms with Gasteiger partial charge in [-0.25, -0.2) is 4.79 Å². The second-order valence-electron chi connectivity index (χ2n) is 3.18. The van der Waals surface area contributed by atoms with Gasteiger partial charge in [0.25, 0.3) is 5.91 Å². The summed E-state index contributed by atoms with van der Waals surface area (Å²) >= 11 is 3.20. The van der Waals surface area contributed by atoms with Crippen molar-refractivity contribution in [1.82, 2.24) is 0 Å². The van der Waals surface area contributed by atoms with Gasteiger partial charge in [0, 0.05) is 10.2 Å². The molecule has 1 rings (SSSR count). The number of nitrogen functional groups attached to an aromatic ring is 1. The SMILES string of the molecule is C[C@H](OC(=O)c1cc(Br)ccc1N)C(N)=O. The number of primary amides is 1. The lowest BCUT2D eigenvalue weighted by Gasteiger charge is -2.10. The van der Waals surface area contributed by atoms with Crippen molar-refractivity contribution in [3.63, 3.8) is 0 Å². The van der Waals surface area contributed by atoms with E-state index in [0.29, 0.717) is 4.47 Å². The largest absolute Gasteiger partial charge is 0.449 e. The molecule has 0 spiro atoms. The lowest BCUT2D eigenvalue weighted by molar-refractivity contribution is -0.125. The number of amides is 1. The zero-order valence-electron chi connectivity index (χ0n) is 8.57. The molecule has 0 aliphatic carbocycles. The minimum Gasteiger partial charge on any atom is -0.449 e. The molecule has 6 heteroatoms. The smallest absolute Gasteiger partial charge is 0.341 e. The fourth-order valence-corrected chi connectivity index (χ4v) is 1.35. The lowest BCUT2D eigenvalue weighted by atomic mass is 10.2. The van der Waals surface area contributed by atoms with E-state index in [1.807, 2.05) is 0 Å². The van der Waals surface area contributed by atoms with Crippen molar-refractivity contribution < 1.29 is 14.3 Å². The van der Waals surface area contributed by atoms with Gasteiger partial charge in [0.05, 0.1) is 5.56 Å². The molecule has 1 atom stereocenters. The third kappa shape index (κ3) is 2.96. The third-order valence-corrected chi connectivity index (χ3v) is 2.41. The second-order valence-corrected chi connectivity index (χ2v) is 4.10. The van der Waals surface area contributed by atoms with E-state index < -0.39 is 18.0 Å². The van der Waals surface area contributed by atoms with Crippen LogP contribution in [0.1, 0.15) is 17.3 Å². The molecular weight excluding hydrogens is 276 g/mol. The van der Waals surface area contributed by atoms with Crippen LogP contribution in [0.2, 0.25) is 0 Å². The Labute approximate surface area is 101 Å².